The van der Waals surface area contributed by atoms with Crippen LogP contribution in [0.1, 0.15) is 24.1 Å². The lowest BCUT2D eigenvalue weighted by Crippen LogP contribution is -2.20. The maximum atomic E-state index is 6.05. The van der Waals surface area contributed by atoms with Crippen molar-refractivity contribution in [2.45, 2.75) is 19.5 Å². The normalized spacial score (nSPS) is 12.5. The predicted octanol–water partition coefficient (Wildman–Crippen LogP) is 4.93. The van der Waals surface area contributed by atoms with Gasteiger partial charge >= 0.3 is 0 Å². The molecule has 0 saturated heterocycles. The SMILES string of the molecule is CC(N)c1ccc(Br)cc1N(C)Cc1csc(Br)c1. The number of rotatable bonds is 4. The first-order valence-electron chi connectivity index (χ1n) is 5.96. The van der Waals surface area contributed by atoms with Crippen LogP contribution in [0, 0.1) is 0 Å². The summed E-state index contributed by atoms with van der Waals surface area (Å²) < 4.78 is 2.24. The molecule has 19 heavy (non-hydrogen) atoms. The van der Waals surface area contributed by atoms with Gasteiger partial charge in [0.05, 0.1) is 3.79 Å². The van der Waals surface area contributed by atoms with E-state index < -0.39 is 0 Å². The standard InChI is InChI=1S/C14H16Br2N2S/c1-9(17)12-4-3-11(15)6-13(12)18(2)7-10-5-14(16)19-8-10/h3-6,8-9H,7,17H2,1-2H3. The van der Waals surface area contributed by atoms with E-state index in [9.17, 15) is 0 Å². The largest absolute Gasteiger partial charge is 0.370 e. The quantitative estimate of drug-likeness (QED) is 0.783. The van der Waals surface area contributed by atoms with Gasteiger partial charge in [0.15, 0.2) is 0 Å². The summed E-state index contributed by atoms with van der Waals surface area (Å²) in [6, 6.07) is 8.44. The lowest BCUT2D eigenvalue weighted by molar-refractivity contribution is 0.801. The summed E-state index contributed by atoms with van der Waals surface area (Å²) in [4.78, 5) is 2.23. The fourth-order valence-electron chi connectivity index (χ4n) is 2.02. The number of benzene rings is 1. The van der Waals surface area contributed by atoms with Gasteiger partial charge in [-0.3, -0.25) is 0 Å². The van der Waals surface area contributed by atoms with Crippen LogP contribution in [-0.4, -0.2) is 7.05 Å². The summed E-state index contributed by atoms with van der Waals surface area (Å²) in [6.45, 7) is 2.89. The molecule has 2 nitrogen and oxygen atoms in total. The van der Waals surface area contributed by atoms with E-state index in [-0.39, 0.29) is 6.04 Å². The van der Waals surface area contributed by atoms with Crippen LogP contribution < -0.4 is 10.6 Å². The average Bonchev–Trinajstić information content (AvgIpc) is 2.74. The van der Waals surface area contributed by atoms with Gasteiger partial charge in [-0.25, -0.2) is 0 Å². The summed E-state index contributed by atoms with van der Waals surface area (Å²) in [5.74, 6) is 0. The molecule has 2 rings (SSSR count). The molecule has 1 heterocycles. The Labute approximate surface area is 134 Å². The van der Waals surface area contributed by atoms with E-state index in [1.807, 2.05) is 13.0 Å². The second-order valence-electron chi connectivity index (χ2n) is 4.61. The highest BCUT2D eigenvalue weighted by atomic mass is 79.9. The van der Waals surface area contributed by atoms with Crippen molar-refractivity contribution in [3.05, 3.63) is 49.0 Å². The van der Waals surface area contributed by atoms with Crippen molar-refractivity contribution >= 4 is 48.9 Å². The van der Waals surface area contributed by atoms with Gasteiger partial charge in [0.1, 0.15) is 0 Å². The van der Waals surface area contributed by atoms with Crippen LogP contribution >= 0.6 is 43.2 Å². The monoisotopic (exact) mass is 402 g/mol. The second-order valence-corrected chi connectivity index (χ2v) is 7.81. The molecule has 1 unspecified atom stereocenters. The maximum absolute atomic E-state index is 6.05. The van der Waals surface area contributed by atoms with Gasteiger partial charge in [-0.1, -0.05) is 22.0 Å². The number of thiophene rings is 1. The van der Waals surface area contributed by atoms with E-state index in [1.165, 1.54) is 16.8 Å². The van der Waals surface area contributed by atoms with Crippen molar-refractivity contribution in [3.63, 3.8) is 0 Å². The van der Waals surface area contributed by atoms with Gasteiger partial charge in [-0.15, -0.1) is 11.3 Å². The molecule has 0 amide bonds. The van der Waals surface area contributed by atoms with Gasteiger partial charge in [-0.05, 0) is 57.6 Å². The first kappa shape index (κ1) is 15.0. The summed E-state index contributed by atoms with van der Waals surface area (Å²) >= 11 is 8.74. The predicted molar refractivity (Wildman–Crippen MR) is 90.9 cm³/mol. The van der Waals surface area contributed by atoms with Crippen molar-refractivity contribution < 1.29 is 0 Å². The number of anilines is 1. The van der Waals surface area contributed by atoms with E-state index in [2.05, 4.69) is 67.4 Å². The molecular formula is C14H16Br2N2S. The highest BCUT2D eigenvalue weighted by Crippen LogP contribution is 2.30. The van der Waals surface area contributed by atoms with Crippen LogP contribution in [0.15, 0.2) is 37.9 Å². The Bertz CT molecular complexity index is 566. The van der Waals surface area contributed by atoms with Crippen LogP contribution in [0.4, 0.5) is 5.69 Å². The highest BCUT2D eigenvalue weighted by Gasteiger charge is 2.12. The van der Waals surface area contributed by atoms with Crippen molar-refractivity contribution in [1.82, 2.24) is 0 Å². The molecule has 1 atom stereocenters. The maximum Gasteiger partial charge on any atom is 0.0701 e. The van der Waals surface area contributed by atoms with Gasteiger partial charge in [0.25, 0.3) is 0 Å². The minimum atomic E-state index is 0.0276. The third-order valence-electron chi connectivity index (χ3n) is 2.94. The molecule has 0 aliphatic rings. The molecule has 2 N–H and O–H groups in total. The van der Waals surface area contributed by atoms with Crippen molar-refractivity contribution in [3.8, 4) is 0 Å². The Morgan fingerprint density at radius 1 is 1.32 bits per heavy atom. The molecule has 0 radical (unpaired) electrons. The van der Waals surface area contributed by atoms with Crippen LogP contribution in [0.2, 0.25) is 0 Å². The Morgan fingerprint density at radius 3 is 2.63 bits per heavy atom. The lowest BCUT2D eigenvalue weighted by atomic mass is 10.1. The fourth-order valence-corrected chi connectivity index (χ4v) is 3.57. The number of halogens is 2. The Hall–Kier alpha value is -0.360. The van der Waals surface area contributed by atoms with E-state index in [0.717, 1.165) is 14.8 Å². The topological polar surface area (TPSA) is 29.3 Å². The summed E-state index contributed by atoms with van der Waals surface area (Å²) in [7, 11) is 2.10. The average molecular weight is 404 g/mol. The zero-order valence-electron chi connectivity index (χ0n) is 10.9. The van der Waals surface area contributed by atoms with Crippen molar-refractivity contribution in [2.75, 3.05) is 11.9 Å². The smallest absolute Gasteiger partial charge is 0.0701 e. The third-order valence-corrected chi connectivity index (χ3v) is 4.98. The lowest BCUT2D eigenvalue weighted by Gasteiger charge is -2.24. The van der Waals surface area contributed by atoms with Crippen LogP contribution in [0.5, 0.6) is 0 Å². The van der Waals surface area contributed by atoms with Crippen molar-refractivity contribution in [2.24, 2.45) is 5.73 Å². The van der Waals surface area contributed by atoms with Crippen LogP contribution in [-0.2, 0) is 6.54 Å². The molecule has 102 valence electrons. The Kier molecular flexibility index (Phi) is 5.06. The first-order chi connectivity index (χ1) is 8.97. The molecule has 0 aliphatic heterocycles. The molecule has 0 bridgehead atoms. The second kappa shape index (κ2) is 6.39. The number of nitrogens with zero attached hydrogens (tertiary/aromatic N) is 1. The molecule has 1 aromatic heterocycles. The highest BCUT2D eigenvalue weighted by molar-refractivity contribution is 9.11. The minimum Gasteiger partial charge on any atom is -0.370 e. The summed E-state index contributed by atoms with van der Waals surface area (Å²) in [6.07, 6.45) is 0. The van der Waals surface area contributed by atoms with E-state index in [0.29, 0.717) is 0 Å². The zero-order chi connectivity index (χ0) is 14.0. The van der Waals surface area contributed by atoms with Gasteiger partial charge in [-0.2, -0.15) is 0 Å². The minimum absolute atomic E-state index is 0.0276. The number of nitrogens with two attached hydrogens (primary N) is 1. The van der Waals surface area contributed by atoms with Crippen LogP contribution in [0.3, 0.4) is 0 Å². The summed E-state index contributed by atoms with van der Waals surface area (Å²) in [5, 5.41) is 2.17. The fraction of sp³-hybridized carbons (Fsp3) is 0.286. The van der Waals surface area contributed by atoms with E-state index in [4.69, 9.17) is 5.73 Å². The van der Waals surface area contributed by atoms with Gasteiger partial charge in [0, 0.05) is 29.8 Å². The Balaban J connectivity index is 2.27. The molecule has 1 aromatic carbocycles. The first-order valence-corrected chi connectivity index (χ1v) is 8.43. The zero-order valence-corrected chi connectivity index (χ0v) is 14.8. The molecular weight excluding hydrogens is 388 g/mol. The molecule has 2 aromatic rings. The molecule has 5 heteroatoms. The third kappa shape index (κ3) is 3.81. The van der Waals surface area contributed by atoms with Crippen molar-refractivity contribution in [1.29, 1.82) is 0 Å². The van der Waals surface area contributed by atoms with Gasteiger partial charge < -0.3 is 10.6 Å². The van der Waals surface area contributed by atoms with Crippen LogP contribution in [0.25, 0.3) is 0 Å². The molecule has 0 aliphatic carbocycles. The molecule has 0 saturated carbocycles. The van der Waals surface area contributed by atoms with E-state index >= 15 is 0 Å². The Morgan fingerprint density at radius 2 is 2.05 bits per heavy atom. The number of hydrogen-bond donors (Lipinski definition) is 1. The van der Waals surface area contributed by atoms with Gasteiger partial charge in [0.2, 0.25) is 0 Å². The molecule has 0 fully saturated rings. The number of hydrogen-bond acceptors (Lipinski definition) is 3. The van der Waals surface area contributed by atoms with E-state index in [1.54, 1.807) is 11.3 Å². The summed E-state index contributed by atoms with van der Waals surface area (Å²) in [5.41, 5.74) is 9.69. The molecule has 0 spiro atoms.